The highest BCUT2D eigenvalue weighted by Crippen LogP contribution is 2.19. The zero-order valence-electron chi connectivity index (χ0n) is 12.2. The van der Waals surface area contributed by atoms with Crippen molar-refractivity contribution in [1.29, 1.82) is 0 Å². The molecule has 0 unspecified atom stereocenters. The average Bonchev–Trinajstić information content (AvgIpc) is 3.18. The number of nitrogens with zero attached hydrogens (tertiary/aromatic N) is 3. The summed E-state index contributed by atoms with van der Waals surface area (Å²) in [6.45, 7) is 3.66. The average molecular weight is 310 g/mol. The van der Waals surface area contributed by atoms with Crippen molar-refractivity contribution in [2.24, 2.45) is 0 Å². The lowest BCUT2D eigenvalue weighted by Crippen LogP contribution is -2.38. The van der Waals surface area contributed by atoms with Crippen molar-refractivity contribution in [3.05, 3.63) is 23.9 Å². The minimum Gasteiger partial charge on any atom is -0.357 e. The maximum atomic E-state index is 12.1. The molecule has 21 heavy (non-hydrogen) atoms. The monoisotopic (exact) mass is 310 g/mol. The van der Waals surface area contributed by atoms with E-state index in [4.69, 9.17) is 0 Å². The van der Waals surface area contributed by atoms with Crippen LogP contribution >= 0.6 is 0 Å². The normalized spacial score (nSPS) is 20.3. The molecule has 0 spiro atoms. The van der Waals surface area contributed by atoms with Gasteiger partial charge in [0.25, 0.3) is 10.2 Å². The molecular weight excluding hydrogens is 288 g/mol. The second-order valence-electron chi connectivity index (χ2n) is 5.65. The van der Waals surface area contributed by atoms with Gasteiger partial charge in [0.2, 0.25) is 0 Å². The van der Waals surface area contributed by atoms with E-state index >= 15 is 0 Å². The van der Waals surface area contributed by atoms with Crippen LogP contribution in [0.1, 0.15) is 31.2 Å². The zero-order chi connectivity index (χ0) is 14.7. The predicted molar refractivity (Wildman–Crippen MR) is 82.3 cm³/mol. The first-order valence-electron chi connectivity index (χ1n) is 7.60. The number of pyridine rings is 1. The SMILES string of the molecule is O=S(=O)(NCc1ccnc(N2CCCC2)c1)N1CCCC1. The third-order valence-electron chi connectivity index (χ3n) is 4.10. The van der Waals surface area contributed by atoms with Crippen LogP contribution < -0.4 is 9.62 Å². The number of anilines is 1. The van der Waals surface area contributed by atoms with E-state index in [9.17, 15) is 8.42 Å². The van der Waals surface area contributed by atoms with Gasteiger partial charge < -0.3 is 4.90 Å². The highest BCUT2D eigenvalue weighted by atomic mass is 32.2. The van der Waals surface area contributed by atoms with Gasteiger partial charge in [0.15, 0.2) is 0 Å². The van der Waals surface area contributed by atoms with Crippen molar-refractivity contribution in [2.45, 2.75) is 32.2 Å². The van der Waals surface area contributed by atoms with Crippen LogP contribution in [0.15, 0.2) is 18.3 Å². The van der Waals surface area contributed by atoms with Gasteiger partial charge in [-0.2, -0.15) is 17.4 Å². The summed E-state index contributed by atoms with van der Waals surface area (Å²) in [6, 6.07) is 3.85. The largest absolute Gasteiger partial charge is 0.357 e. The van der Waals surface area contributed by atoms with E-state index in [1.165, 1.54) is 17.1 Å². The van der Waals surface area contributed by atoms with Crippen LogP contribution in [0.4, 0.5) is 5.82 Å². The van der Waals surface area contributed by atoms with Crippen molar-refractivity contribution < 1.29 is 8.42 Å². The Morgan fingerprint density at radius 2 is 1.76 bits per heavy atom. The first-order chi connectivity index (χ1) is 10.1. The highest BCUT2D eigenvalue weighted by Gasteiger charge is 2.24. The van der Waals surface area contributed by atoms with E-state index < -0.39 is 10.2 Å². The number of hydrogen-bond donors (Lipinski definition) is 1. The highest BCUT2D eigenvalue weighted by molar-refractivity contribution is 7.87. The molecule has 1 aromatic rings. The molecule has 2 aliphatic heterocycles. The summed E-state index contributed by atoms with van der Waals surface area (Å²) in [4.78, 5) is 6.63. The van der Waals surface area contributed by atoms with Gasteiger partial charge in [0, 0.05) is 38.9 Å². The summed E-state index contributed by atoms with van der Waals surface area (Å²) in [5, 5.41) is 0. The van der Waals surface area contributed by atoms with Crippen molar-refractivity contribution in [2.75, 3.05) is 31.1 Å². The van der Waals surface area contributed by atoms with Crippen LogP contribution in [0.5, 0.6) is 0 Å². The van der Waals surface area contributed by atoms with E-state index in [2.05, 4.69) is 14.6 Å². The van der Waals surface area contributed by atoms with Crippen molar-refractivity contribution in [3.63, 3.8) is 0 Å². The number of hydrogen-bond acceptors (Lipinski definition) is 4. The van der Waals surface area contributed by atoms with E-state index in [1.54, 1.807) is 6.20 Å². The van der Waals surface area contributed by atoms with Gasteiger partial charge in [-0.05, 0) is 43.4 Å². The molecular formula is C14H22N4O2S. The van der Waals surface area contributed by atoms with Gasteiger partial charge in [-0.15, -0.1) is 0 Å². The Morgan fingerprint density at radius 1 is 1.10 bits per heavy atom. The van der Waals surface area contributed by atoms with E-state index in [0.29, 0.717) is 19.6 Å². The topological polar surface area (TPSA) is 65.5 Å². The Labute approximate surface area is 126 Å². The van der Waals surface area contributed by atoms with Gasteiger partial charge in [0.05, 0.1) is 0 Å². The molecule has 0 saturated carbocycles. The van der Waals surface area contributed by atoms with Crippen molar-refractivity contribution in [3.8, 4) is 0 Å². The Kier molecular flexibility index (Phi) is 4.42. The number of rotatable bonds is 5. The Morgan fingerprint density at radius 3 is 2.48 bits per heavy atom. The third kappa shape index (κ3) is 3.53. The fourth-order valence-corrected chi connectivity index (χ4v) is 4.15. The van der Waals surface area contributed by atoms with Crippen molar-refractivity contribution >= 4 is 16.0 Å². The predicted octanol–water partition coefficient (Wildman–Crippen LogP) is 1.11. The molecule has 0 radical (unpaired) electrons. The summed E-state index contributed by atoms with van der Waals surface area (Å²) in [5.41, 5.74) is 0.953. The van der Waals surface area contributed by atoms with Crippen LogP contribution in [0.25, 0.3) is 0 Å². The first kappa shape index (κ1) is 14.7. The number of aromatic nitrogens is 1. The molecule has 2 fully saturated rings. The fraction of sp³-hybridized carbons (Fsp3) is 0.643. The second-order valence-corrected chi connectivity index (χ2v) is 7.40. The quantitative estimate of drug-likeness (QED) is 0.885. The van der Waals surface area contributed by atoms with Gasteiger partial charge in [0.1, 0.15) is 5.82 Å². The summed E-state index contributed by atoms with van der Waals surface area (Å²) in [7, 11) is -3.34. The summed E-state index contributed by atoms with van der Waals surface area (Å²) in [5.74, 6) is 0.949. The van der Waals surface area contributed by atoms with Gasteiger partial charge in [-0.1, -0.05) is 0 Å². The van der Waals surface area contributed by atoms with Gasteiger partial charge in [-0.3, -0.25) is 0 Å². The molecule has 116 valence electrons. The summed E-state index contributed by atoms with van der Waals surface area (Å²) >= 11 is 0. The molecule has 0 aromatic carbocycles. The first-order valence-corrected chi connectivity index (χ1v) is 9.04. The smallest absolute Gasteiger partial charge is 0.279 e. The van der Waals surface area contributed by atoms with Crippen LogP contribution in [0.3, 0.4) is 0 Å². The third-order valence-corrected chi connectivity index (χ3v) is 5.66. The lowest BCUT2D eigenvalue weighted by molar-refractivity contribution is 0.464. The lowest BCUT2D eigenvalue weighted by atomic mass is 10.2. The Balaban J connectivity index is 1.63. The van der Waals surface area contributed by atoms with E-state index in [-0.39, 0.29) is 0 Å². The molecule has 0 aliphatic carbocycles. The molecule has 1 aromatic heterocycles. The molecule has 2 aliphatic rings. The fourth-order valence-electron chi connectivity index (χ4n) is 2.88. The van der Waals surface area contributed by atoms with Crippen LogP contribution in [-0.2, 0) is 16.8 Å². The molecule has 1 N–H and O–H groups in total. The Bertz CT molecular complexity index is 578. The van der Waals surface area contributed by atoms with Crippen LogP contribution in [-0.4, -0.2) is 43.9 Å². The minimum atomic E-state index is -3.34. The van der Waals surface area contributed by atoms with E-state index in [0.717, 1.165) is 37.3 Å². The Hall–Kier alpha value is -1.18. The van der Waals surface area contributed by atoms with Crippen LogP contribution in [0, 0.1) is 0 Å². The maximum Gasteiger partial charge on any atom is 0.279 e. The maximum absolute atomic E-state index is 12.1. The van der Waals surface area contributed by atoms with Crippen molar-refractivity contribution in [1.82, 2.24) is 14.0 Å². The summed E-state index contributed by atoms with van der Waals surface area (Å²) < 4.78 is 28.5. The molecule has 2 saturated heterocycles. The zero-order valence-corrected chi connectivity index (χ0v) is 13.0. The lowest BCUT2D eigenvalue weighted by Gasteiger charge is -2.18. The van der Waals surface area contributed by atoms with Gasteiger partial charge >= 0.3 is 0 Å². The van der Waals surface area contributed by atoms with E-state index in [1.807, 2.05) is 12.1 Å². The molecule has 0 amide bonds. The molecule has 3 rings (SSSR count). The summed E-state index contributed by atoms with van der Waals surface area (Å²) in [6.07, 6.45) is 6.07. The standard InChI is InChI=1S/C14H22N4O2S/c19-21(20,18-9-3-4-10-18)16-12-13-5-6-15-14(11-13)17-7-1-2-8-17/h5-6,11,16H,1-4,7-10,12H2. The molecule has 6 nitrogen and oxygen atoms in total. The molecule has 0 atom stereocenters. The molecule has 3 heterocycles. The van der Waals surface area contributed by atoms with Gasteiger partial charge in [-0.25, -0.2) is 4.98 Å². The molecule has 0 bridgehead atoms. The van der Waals surface area contributed by atoms with Crippen LogP contribution in [0.2, 0.25) is 0 Å². The molecule has 7 heteroatoms. The minimum absolute atomic E-state index is 0.322. The second kappa shape index (κ2) is 6.29. The number of nitrogens with one attached hydrogen (secondary N) is 1.